The first-order valence-corrected chi connectivity index (χ1v) is 9.11. The molecule has 1 heterocycles. The summed E-state index contributed by atoms with van der Waals surface area (Å²) < 4.78 is 4.99. The number of rotatable bonds is 10. The fraction of sp³-hybridized carbons (Fsp3) is 0.389. The van der Waals surface area contributed by atoms with E-state index in [0.29, 0.717) is 13.0 Å². The van der Waals surface area contributed by atoms with Gasteiger partial charge < -0.3 is 36.8 Å². The third kappa shape index (κ3) is 7.66. The zero-order valence-electron chi connectivity index (χ0n) is 16.1. The summed E-state index contributed by atoms with van der Waals surface area (Å²) in [5, 5.41) is 17.6. The van der Waals surface area contributed by atoms with Gasteiger partial charge >= 0.3 is 12.1 Å². The highest BCUT2D eigenvalue weighted by Gasteiger charge is 2.27. The maximum absolute atomic E-state index is 12.2. The van der Waals surface area contributed by atoms with E-state index >= 15 is 0 Å². The summed E-state index contributed by atoms with van der Waals surface area (Å²) >= 11 is 0. The number of benzene rings is 1. The van der Waals surface area contributed by atoms with E-state index in [1.165, 1.54) is 0 Å². The molecule has 0 bridgehead atoms. The van der Waals surface area contributed by atoms with Crippen LogP contribution >= 0.6 is 0 Å². The fourth-order valence-corrected chi connectivity index (χ4v) is 2.46. The Morgan fingerprint density at radius 3 is 2.70 bits per heavy atom. The molecule has 0 radical (unpaired) electrons. The Balaban J connectivity index is 1.74. The fourth-order valence-electron chi connectivity index (χ4n) is 2.46. The van der Waals surface area contributed by atoms with E-state index in [9.17, 15) is 19.5 Å². The molecule has 12 heteroatoms. The molecule has 0 aromatic heterocycles. The normalized spacial score (nSPS) is 15.9. The monoisotopic (exact) mass is 420 g/mol. The van der Waals surface area contributed by atoms with Crippen molar-refractivity contribution >= 4 is 29.6 Å². The van der Waals surface area contributed by atoms with Gasteiger partial charge in [-0.15, -0.1) is 0 Å². The molecule has 30 heavy (non-hydrogen) atoms. The summed E-state index contributed by atoms with van der Waals surface area (Å²) in [5.74, 6) is -1.96. The van der Waals surface area contributed by atoms with Gasteiger partial charge in [-0.3, -0.25) is 9.79 Å². The van der Waals surface area contributed by atoms with E-state index in [4.69, 9.17) is 21.0 Å². The molecule has 0 saturated heterocycles. The topological polar surface area (TPSA) is 191 Å². The van der Waals surface area contributed by atoms with E-state index in [2.05, 4.69) is 20.8 Å². The van der Waals surface area contributed by atoms with Crippen molar-refractivity contribution in [2.24, 2.45) is 21.6 Å². The first-order chi connectivity index (χ1) is 14.3. The second-order valence-electron chi connectivity index (χ2n) is 6.37. The van der Waals surface area contributed by atoms with Gasteiger partial charge in [0.25, 0.3) is 5.91 Å². The molecule has 0 saturated carbocycles. The van der Waals surface area contributed by atoms with Gasteiger partial charge in [-0.2, -0.15) is 0 Å². The van der Waals surface area contributed by atoms with Gasteiger partial charge in [-0.05, 0) is 5.56 Å². The Labute approximate surface area is 172 Å². The molecule has 2 amide bonds. The molecule has 1 aromatic carbocycles. The number of carbonyl (C=O) groups is 3. The molecule has 162 valence electrons. The van der Waals surface area contributed by atoms with Crippen LogP contribution in [0.4, 0.5) is 4.79 Å². The van der Waals surface area contributed by atoms with Crippen molar-refractivity contribution in [3.05, 3.63) is 35.9 Å². The van der Waals surface area contributed by atoms with Gasteiger partial charge in [0.1, 0.15) is 24.5 Å². The summed E-state index contributed by atoms with van der Waals surface area (Å²) in [7, 11) is 0. The number of ether oxygens (including phenoxy) is 1. The maximum atomic E-state index is 12.2. The molecular formula is C18H24N6O6. The van der Waals surface area contributed by atoms with Crippen LogP contribution in [0.25, 0.3) is 0 Å². The second kappa shape index (κ2) is 11.2. The van der Waals surface area contributed by atoms with E-state index in [0.717, 1.165) is 5.56 Å². The number of guanidine groups is 1. The molecule has 2 rings (SSSR count). The number of carbonyl (C=O) groups excluding carboxylic acids is 2. The molecule has 1 unspecified atom stereocenters. The van der Waals surface area contributed by atoms with Crippen LogP contribution in [-0.4, -0.2) is 60.0 Å². The zero-order valence-corrected chi connectivity index (χ0v) is 16.1. The maximum Gasteiger partial charge on any atom is 0.408 e. The molecule has 0 spiro atoms. The lowest BCUT2D eigenvalue weighted by molar-refractivity contribution is -0.139. The van der Waals surface area contributed by atoms with Crippen LogP contribution in [0.2, 0.25) is 0 Å². The standard InChI is InChI=1S/C18H24N6O6/c19-17(20)21-7-6-12-8-13(24-30-12)15(25)22-9-14(16(26)27)23-18(28)29-10-11-4-2-1-3-5-11/h1-5,12,14H,6-10H2,(H,22,25)(H,23,28)(H,26,27)(H4,19,20,21)/t12?,14-/m0/s1. The molecule has 1 aromatic rings. The number of carboxylic acids is 1. The minimum Gasteiger partial charge on any atom is -0.480 e. The van der Waals surface area contributed by atoms with Crippen molar-refractivity contribution in [3.8, 4) is 0 Å². The number of amides is 2. The molecule has 7 N–H and O–H groups in total. The third-order valence-electron chi connectivity index (χ3n) is 4.01. The van der Waals surface area contributed by atoms with Crippen LogP contribution in [0.1, 0.15) is 18.4 Å². The van der Waals surface area contributed by atoms with Crippen molar-refractivity contribution in [3.63, 3.8) is 0 Å². The number of nitrogens with one attached hydrogen (secondary N) is 2. The van der Waals surface area contributed by atoms with Gasteiger partial charge in [-0.1, -0.05) is 35.5 Å². The highest BCUT2D eigenvalue weighted by atomic mass is 16.6. The summed E-state index contributed by atoms with van der Waals surface area (Å²) in [6, 6.07) is 7.53. The van der Waals surface area contributed by atoms with Gasteiger partial charge in [-0.25, -0.2) is 9.59 Å². The Hall–Kier alpha value is -3.83. The second-order valence-corrected chi connectivity index (χ2v) is 6.37. The summed E-state index contributed by atoms with van der Waals surface area (Å²) in [6.07, 6.45) is -0.571. The number of aliphatic imine (C=N–C) groups is 1. The number of hydrogen-bond acceptors (Lipinski definition) is 7. The lowest BCUT2D eigenvalue weighted by Gasteiger charge is -2.15. The van der Waals surface area contributed by atoms with Gasteiger partial charge in [0, 0.05) is 25.9 Å². The molecule has 0 aliphatic carbocycles. The van der Waals surface area contributed by atoms with Gasteiger partial charge in [0.05, 0.1) is 0 Å². The minimum atomic E-state index is -1.38. The van der Waals surface area contributed by atoms with E-state index in [1.807, 2.05) is 6.07 Å². The quantitative estimate of drug-likeness (QED) is 0.242. The van der Waals surface area contributed by atoms with Crippen LogP contribution in [-0.2, 0) is 25.8 Å². The number of aliphatic carboxylic acids is 1. The van der Waals surface area contributed by atoms with Gasteiger partial charge in [0.2, 0.25) is 0 Å². The van der Waals surface area contributed by atoms with Gasteiger partial charge in [0.15, 0.2) is 5.96 Å². The van der Waals surface area contributed by atoms with Crippen LogP contribution in [0.3, 0.4) is 0 Å². The average Bonchev–Trinajstić information content (AvgIpc) is 3.18. The first kappa shape index (κ1) is 22.5. The van der Waals surface area contributed by atoms with Crippen LogP contribution < -0.4 is 22.1 Å². The number of hydrogen-bond donors (Lipinski definition) is 5. The molecule has 1 aliphatic heterocycles. The number of nitrogens with two attached hydrogens (primary N) is 2. The lowest BCUT2D eigenvalue weighted by Crippen LogP contribution is -2.49. The van der Waals surface area contributed by atoms with Crippen molar-refractivity contribution < 1.29 is 29.1 Å². The number of nitrogens with zero attached hydrogens (tertiary/aromatic N) is 2. The SMILES string of the molecule is NC(N)=NCCC1CC(C(=O)NC[C@H](NC(=O)OCc2ccccc2)C(=O)O)=NO1. The number of carboxylic acid groups (broad SMARTS) is 1. The highest BCUT2D eigenvalue weighted by molar-refractivity contribution is 6.39. The molecule has 1 aliphatic rings. The molecule has 12 nitrogen and oxygen atoms in total. The molecular weight excluding hydrogens is 396 g/mol. The van der Waals surface area contributed by atoms with Crippen LogP contribution in [0, 0.1) is 0 Å². The zero-order chi connectivity index (χ0) is 21.9. The third-order valence-corrected chi connectivity index (χ3v) is 4.01. The highest BCUT2D eigenvalue weighted by Crippen LogP contribution is 2.14. The summed E-state index contributed by atoms with van der Waals surface area (Å²) in [6.45, 7) is -0.0411. The number of alkyl carbamates (subject to hydrolysis) is 1. The van der Waals surface area contributed by atoms with E-state index < -0.39 is 24.0 Å². The Bertz CT molecular complexity index is 809. The van der Waals surface area contributed by atoms with Crippen LogP contribution in [0.5, 0.6) is 0 Å². The smallest absolute Gasteiger partial charge is 0.408 e. The molecule has 0 fully saturated rings. The van der Waals surface area contributed by atoms with Crippen molar-refractivity contribution in [2.45, 2.75) is 31.6 Å². The Morgan fingerprint density at radius 2 is 2.03 bits per heavy atom. The van der Waals surface area contributed by atoms with E-state index in [1.54, 1.807) is 24.3 Å². The largest absolute Gasteiger partial charge is 0.480 e. The van der Waals surface area contributed by atoms with Crippen LogP contribution in [0.15, 0.2) is 40.5 Å². The van der Waals surface area contributed by atoms with Crippen molar-refractivity contribution in [1.82, 2.24) is 10.6 Å². The minimum absolute atomic E-state index is 0.0131. The lowest BCUT2D eigenvalue weighted by atomic mass is 10.1. The summed E-state index contributed by atoms with van der Waals surface area (Å²) in [5.41, 5.74) is 11.3. The predicted octanol–water partition coefficient (Wildman–Crippen LogP) is -0.709. The predicted molar refractivity (Wildman–Crippen MR) is 106 cm³/mol. The van der Waals surface area contributed by atoms with Crippen molar-refractivity contribution in [2.75, 3.05) is 13.1 Å². The van der Waals surface area contributed by atoms with E-state index in [-0.39, 0.29) is 37.3 Å². The average molecular weight is 420 g/mol. The van der Waals surface area contributed by atoms with Crippen molar-refractivity contribution in [1.29, 1.82) is 0 Å². The molecule has 2 atom stereocenters. The summed E-state index contributed by atoms with van der Waals surface area (Å²) in [4.78, 5) is 44.3. The first-order valence-electron chi connectivity index (χ1n) is 9.11. The Kier molecular flexibility index (Phi) is 8.41. The Morgan fingerprint density at radius 1 is 1.30 bits per heavy atom. The number of oxime groups is 1.